The van der Waals surface area contributed by atoms with E-state index in [1.807, 2.05) is 44.2 Å². The van der Waals surface area contributed by atoms with Crippen LogP contribution in [0.4, 0.5) is 11.4 Å². The molecule has 0 saturated carbocycles. The quantitative estimate of drug-likeness (QED) is 0.906. The van der Waals surface area contributed by atoms with Gasteiger partial charge in [-0.15, -0.1) is 0 Å². The Kier molecular flexibility index (Phi) is 4.23. The van der Waals surface area contributed by atoms with E-state index in [0.29, 0.717) is 5.75 Å². The number of nitrogens with zero attached hydrogens (tertiary/aromatic N) is 1. The van der Waals surface area contributed by atoms with Gasteiger partial charge >= 0.3 is 0 Å². The number of carbonyl (C=O) groups is 1. The first-order chi connectivity index (χ1) is 12.5. The minimum atomic E-state index is -0.686. The molecule has 0 spiro atoms. The summed E-state index contributed by atoms with van der Waals surface area (Å²) in [6.07, 6.45) is 2.50. The molecule has 1 N–H and O–H groups in total. The molecule has 4 rings (SSSR count). The van der Waals surface area contributed by atoms with Crippen LogP contribution in [0.1, 0.15) is 32.3 Å². The standard InChI is InChI=1S/C21H24N2O3/c1-21(2,15-5-10-18-19(13-15)26-14-25-18)20(24)22-16-6-8-17(9-7-16)23-11-3-4-12-23/h5-10,13H,3-4,11-12,14H2,1-2H3,(H,22,24). The van der Waals surface area contributed by atoms with Crippen molar-refractivity contribution in [3.63, 3.8) is 0 Å². The number of ether oxygens (including phenoxy) is 2. The SMILES string of the molecule is CC(C)(C(=O)Nc1ccc(N2CCCC2)cc1)c1ccc2c(c1)OCO2. The lowest BCUT2D eigenvalue weighted by Gasteiger charge is -2.25. The summed E-state index contributed by atoms with van der Waals surface area (Å²) in [5.41, 5.74) is 2.24. The number of hydrogen-bond donors (Lipinski definition) is 1. The number of fused-ring (bicyclic) bond motifs is 1. The van der Waals surface area contributed by atoms with E-state index in [2.05, 4.69) is 22.3 Å². The van der Waals surface area contributed by atoms with Gasteiger partial charge in [0.15, 0.2) is 11.5 Å². The number of nitrogens with one attached hydrogen (secondary N) is 1. The van der Waals surface area contributed by atoms with E-state index in [-0.39, 0.29) is 12.7 Å². The van der Waals surface area contributed by atoms with Crippen molar-refractivity contribution in [3.05, 3.63) is 48.0 Å². The molecule has 2 aromatic rings. The third-order valence-electron chi connectivity index (χ3n) is 5.26. The van der Waals surface area contributed by atoms with Crippen molar-refractivity contribution >= 4 is 17.3 Å². The fraction of sp³-hybridized carbons (Fsp3) is 0.381. The van der Waals surface area contributed by atoms with Crippen molar-refractivity contribution in [1.82, 2.24) is 0 Å². The molecule has 2 aliphatic rings. The summed E-state index contributed by atoms with van der Waals surface area (Å²) >= 11 is 0. The largest absolute Gasteiger partial charge is 0.454 e. The maximum atomic E-state index is 12.9. The molecule has 1 saturated heterocycles. The number of carbonyl (C=O) groups excluding carboxylic acids is 1. The average molecular weight is 352 g/mol. The first-order valence-electron chi connectivity index (χ1n) is 9.11. The molecule has 0 atom stereocenters. The maximum absolute atomic E-state index is 12.9. The molecule has 1 fully saturated rings. The summed E-state index contributed by atoms with van der Waals surface area (Å²) in [5.74, 6) is 1.37. The van der Waals surface area contributed by atoms with Crippen molar-refractivity contribution in [2.24, 2.45) is 0 Å². The Balaban J connectivity index is 1.48. The molecule has 5 nitrogen and oxygen atoms in total. The van der Waals surface area contributed by atoms with E-state index in [9.17, 15) is 4.79 Å². The van der Waals surface area contributed by atoms with Gasteiger partial charge in [-0.05, 0) is 68.7 Å². The summed E-state index contributed by atoms with van der Waals surface area (Å²) in [6, 6.07) is 13.8. The van der Waals surface area contributed by atoms with Crippen molar-refractivity contribution in [1.29, 1.82) is 0 Å². The lowest BCUT2D eigenvalue weighted by Crippen LogP contribution is -2.34. The van der Waals surface area contributed by atoms with E-state index in [0.717, 1.165) is 30.1 Å². The van der Waals surface area contributed by atoms with Gasteiger partial charge in [0.1, 0.15) is 0 Å². The lowest BCUT2D eigenvalue weighted by molar-refractivity contribution is -0.120. The van der Waals surface area contributed by atoms with Gasteiger partial charge in [-0.1, -0.05) is 6.07 Å². The van der Waals surface area contributed by atoms with E-state index < -0.39 is 5.41 Å². The van der Waals surface area contributed by atoms with Crippen molar-refractivity contribution in [2.75, 3.05) is 30.1 Å². The second-order valence-corrected chi connectivity index (χ2v) is 7.39. The van der Waals surface area contributed by atoms with Crippen molar-refractivity contribution < 1.29 is 14.3 Å². The molecular weight excluding hydrogens is 328 g/mol. The normalized spacial score (nSPS) is 16.0. The first kappa shape index (κ1) is 16.8. The Morgan fingerprint density at radius 3 is 2.42 bits per heavy atom. The minimum Gasteiger partial charge on any atom is -0.454 e. The summed E-state index contributed by atoms with van der Waals surface area (Å²) < 4.78 is 10.8. The summed E-state index contributed by atoms with van der Waals surface area (Å²) in [6.45, 7) is 6.29. The third kappa shape index (κ3) is 3.09. The van der Waals surface area contributed by atoms with Crippen LogP contribution in [0.2, 0.25) is 0 Å². The van der Waals surface area contributed by atoms with E-state index >= 15 is 0 Å². The van der Waals surface area contributed by atoms with Crippen LogP contribution in [-0.4, -0.2) is 25.8 Å². The van der Waals surface area contributed by atoms with Crippen LogP contribution in [0.3, 0.4) is 0 Å². The predicted molar refractivity (Wildman–Crippen MR) is 102 cm³/mol. The smallest absolute Gasteiger partial charge is 0.234 e. The second-order valence-electron chi connectivity index (χ2n) is 7.39. The van der Waals surface area contributed by atoms with Gasteiger partial charge in [-0.3, -0.25) is 4.79 Å². The Morgan fingerprint density at radius 1 is 1.00 bits per heavy atom. The molecule has 136 valence electrons. The van der Waals surface area contributed by atoms with Crippen LogP contribution >= 0.6 is 0 Å². The minimum absolute atomic E-state index is 0.0507. The Hall–Kier alpha value is -2.69. The monoisotopic (exact) mass is 352 g/mol. The van der Waals surface area contributed by atoms with E-state index in [4.69, 9.17) is 9.47 Å². The van der Waals surface area contributed by atoms with Gasteiger partial charge in [0.25, 0.3) is 0 Å². The molecule has 2 aromatic carbocycles. The average Bonchev–Trinajstić information content (AvgIpc) is 3.33. The molecule has 2 heterocycles. The molecule has 26 heavy (non-hydrogen) atoms. The highest BCUT2D eigenvalue weighted by Gasteiger charge is 2.31. The highest BCUT2D eigenvalue weighted by Crippen LogP contribution is 2.37. The Bertz CT molecular complexity index is 809. The molecule has 0 aliphatic carbocycles. The zero-order valence-electron chi connectivity index (χ0n) is 15.2. The molecule has 0 radical (unpaired) electrons. The van der Waals surface area contributed by atoms with Crippen LogP contribution in [0.5, 0.6) is 11.5 Å². The fourth-order valence-corrected chi connectivity index (χ4v) is 3.43. The fourth-order valence-electron chi connectivity index (χ4n) is 3.43. The molecule has 0 unspecified atom stereocenters. The second kappa shape index (κ2) is 6.56. The Morgan fingerprint density at radius 2 is 1.69 bits per heavy atom. The van der Waals surface area contributed by atoms with Crippen molar-refractivity contribution in [3.8, 4) is 11.5 Å². The number of anilines is 2. The number of rotatable bonds is 4. The molecule has 0 aromatic heterocycles. The van der Waals surface area contributed by atoms with E-state index in [1.165, 1.54) is 18.5 Å². The van der Waals surface area contributed by atoms with Gasteiger partial charge in [0, 0.05) is 24.5 Å². The van der Waals surface area contributed by atoms with Gasteiger partial charge in [-0.2, -0.15) is 0 Å². The van der Waals surface area contributed by atoms with E-state index in [1.54, 1.807) is 0 Å². The number of hydrogen-bond acceptors (Lipinski definition) is 4. The van der Waals surface area contributed by atoms with Crippen molar-refractivity contribution in [2.45, 2.75) is 32.1 Å². The lowest BCUT2D eigenvalue weighted by atomic mass is 9.83. The van der Waals surface area contributed by atoms with Gasteiger partial charge in [-0.25, -0.2) is 0 Å². The highest BCUT2D eigenvalue weighted by atomic mass is 16.7. The summed E-state index contributed by atoms with van der Waals surface area (Å²) in [5, 5.41) is 3.04. The highest BCUT2D eigenvalue weighted by molar-refractivity contribution is 5.98. The van der Waals surface area contributed by atoms with Gasteiger partial charge < -0.3 is 19.7 Å². The molecule has 1 amide bonds. The van der Waals surface area contributed by atoms with Crippen LogP contribution in [0.25, 0.3) is 0 Å². The summed E-state index contributed by atoms with van der Waals surface area (Å²) in [7, 11) is 0. The maximum Gasteiger partial charge on any atom is 0.234 e. The van der Waals surface area contributed by atoms with Crippen LogP contribution in [-0.2, 0) is 10.2 Å². The first-order valence-corrected chi connectivity index (χ1v) is 9.11. The molecule has 2 aliphatic heterocycles. The third-order valence-corrected chi connectivity index (χ3v) is 5.26. The zero-order chi connectivity index (χ0) is 18.1. The molecule has 5 heteroatoms. The predicted octanol–water partition coefficient (Wildman–Crippen LogP) is 3.93. The zero-order valence-corrected chi connectivity index (χ0v) is 15.2. The van der Waals surface area contributed by atoms with Crippen LogP contribution in [0, 0.1) is 0 Å². The van der Waals surface area contributed by atoms with Crippen LogP contribution in [0.15, 0.2) is 42.5 Å². The number of amides is 1. The Labute approximate surface area is 153 Å². The van der Waals surface area contributed by atoms with Gasteiger partial charge in [0.05, 0.1) is 5.41 Å². The molecule has 0 bridgehead atoms. The number of benzene rings is 2. The molecular formula is C21H24N2O3. The van der Waals surface area contributed by atoms with Gasteiger partial charge in [0.2, 0.25) is 12.7 Å². The summed E-state index contributed by atoms with van der Waals surface area (Å²) in [4.78, 5) is 15.3. The topological polar surface area (TPSA) is 50.8 Å². The van der Waals surface area contributed by atoms with Crippen LogP contribution < -0.4 is 19.7 Å².